The van der Waals surface area contributed by atoms with Crippen LogP contribution in [0.25, 0.3) is 17.1 Å². The van der Waals surface area contributed by atoms with Crippen LogP contribution in [0, 0.1) is 0 Å². The molecule has 0 aliphatic rings. The van der Waals surface area contributed by atoms with Crippen LogP contribution in [0.5, 0.6) is 11.5 Å². The average molecular weight is 419 g/mol. The Morgan fingerprint density at radius 1 is 0.967 bits per heavy atom. The van der Waals surface area contributed by atoms with Crippen molar-refractivity contribution in [1.29, 1.82) is 0 Å². The summed E-state index contributed by atoms with van der Waals surface area (Å²) in [6.07, 6.45) is 3.58. The lowest BCUT2D eigenvalue weighted by Crippen LogP contribution is -2.01. The molecule has 0 atom stereocenters. The highest BCUT2D eigenvalue weighted by Gasteiger charge is 2.21. The molecule has 152 valence electrons. The van der Waals surface area contributed by atoms with Gasteiger partial charge in [0.2, 0.25) is 0 Å². The molecular weight excluding hydrogens is 396 g/mol. The quantitative estimate of drug-likeness (QED) is 0.421. The summed E-state index contributed by atoms with van der Waals surface area (Å²) in [5.74, 6) is 1.34. The minimum absolute atomic E-state index is 0.0368. The first-order valence-corrected chi connectivity index (χ1v) is 10.6. The van der Waals surface area contributed by atoms with E-state index in [1.54, 1.807) is 24.0 Å². The molecule has 30 heavy (non-hydrogen) atoms. The number of para-hydroxylation sites is 1. The maximum absolute atomic E-state index is 10.6. The van der Waals surface area contributed by atoms with Crippen LogP contribution in [0.3, 0.4) is 0 Å². The fourth-order valence-corrected chi connectivity index (χ4v) is 4.10. The Balaban J connectivity index is 1.81. The van der Waals surface area contributed by atoms with Crippen LogP contribution in [0.1, 0.15) is 30.9 Å². The van der Waals surface area contributed by atoms with Crippen molar-refractivity contribution in [2.45, 2.75) is 30.7 Å². The van der Waals surface area contributed by atoms with Gasteiger partial charge in [0.1, 0.15) is 11.5 Å². The Labute approximate surface area is 179 Å². The Bertz CT molecular complexity index is 1140. The molecule has 0 saturated carbocycles. The van der Waals surface area contributed by atoms with Crippen molar-refractivity contribution in [1.82, 2.24) is 19.7 Å². The van der Waals surface area contributed by atoms with E-state index in [2.05, 4.69) is 15.2 Å². The Morgan fingerprint density at radius 3 is 2.47 bits per heavy atom. The lowest BCUT2D eigenvalue weighted by molar-refractivity contribution is 0.444. The number of hydrogen-bond donors (Lipinski definition) is 2. The van der Waals surface area contributed by atoms with E-state index in [4.69, 9.17) is 0 Å². The average Bonchev–Trinajstić information content (AvgIpc) is 3.17. The second-order valence-electron chi connectivity index (χ2n) is 7.21. The summed E-state index contributed by atoms with van der Waals surface area (Å²) in [6.45, 7) is 3.99. The number of aromatic hydroxyl groups is 2. The number of thioether (sulfide) groups is 1. The van der Waals surface area contributed by atoms with Crippen LogP contribution in [-0.2, 0) is 5.75 Å². The second-order valence-corrected chi connectivity index (χ2v) is 8.15. The van der Waals surface area contributed by atoms with E-state index in [0.717, 1.165) is 16.8 Å². The highest BCUT2D eigenvalue weighted by atomic mass is 32.2. The predicted octanol–water partition coefficient (Wildman–Crippen LogP) is 5.16. The van der Waals surface area contributed by atoms with Crippen molar-refractivity contribution < 1.29 is 10.2 Å². The summed E-state index contributed by atoms with van der Waals surface area (Å²) < 4.78 is 1.93. The Kier molecular flexibility index (Phi) is 5.72. The predicted molar refractivity (Wildman–Crippen MR) is 118 cm³/mol. The number of benzene rings is 2. The summed E-state index contributed by atoms with van der Waals surface area (Å²) in [5, 5.41) is 30.3. The lowest BCUT2D eigenvalue weighted by atomic mass is 9.98. The summed E-state index contributed by atoms with van der Waals surface area (Å²) >= 11 is 1.55. The fraction of sp³-hybridized carbons (Fsp3) is 0.174. The summed E-state index contributed by atoms with van der Waals surface area (Å²) in [4.78, 5) is 4.16. The summed E-state index contributed by atoms with van der Waals surface area (Å²) in [6, 6.07) is 16.9. The van der Waals surface area contributed by atoms with E-state index in [-0.39, 0.29) is 17.4 Å². The van der Waals surface area contributed by atoms with Gasteiger partial charge in [0.15, 0.2) is 11.0 Å². The van der Waals surface area contributed by atoms with Gasteiger partial charge in [-0.2, -0.15) is 0 Å². The van der Waals surface area contributed by atoms with Crippen LogP contribution in [0.4, 0.5) is 0 Å². The number of aromatic nitrogens is 4. The van der Waals surface area contributed by atoms with Crippen LogP contribution < -0.4 is 0 Å². The van der Waals surface area contributed by atoms with Gasteiger partial charge in [-0.1, -0.05) is 49.9 Å². The minimum Gasteiger partial charge on any atom is -0.508 e. The molecule has 2 heterocycles. The minimum atomic E-state index is -0.0368. The zero-order valence-corrected chi connectivity index (χ0v) is 17.5. The number of pyridine rings is 1. The Hall–Kier alpha value is -3.32. The summed E-state index contributed by atoms with van der Waals surface area (Å²) in [7, 11) is 0. The number of nitrogens with zero attached hydrogens (tertiary/aromatic N) is 4. The van der Waals surface area contributed by atoms with E-state index < -0.39 is 0 Å². The van der Waals surface area contributed by atoms with E-state index in [9.17, 15) is 10.2 Å². The number of hydrogen-bond acceptors (Lipinski definition) is 6. The monoisotopic (exact) mass is 418 g/mol. The molecule has 0 aliphatic carbocycles. The van der Waals surface area contributed by atoms with Crippen LogP contribution in [0.15, 0.2) is 72.1 Å². The molecule has 2 aromatic carbocycles. The van der Waals surface area contributed by atoms with Gasteiger partial charge in [0.05, 0.1) is 5.56 Å². The number of rotatable bonds is 6. The molecule has 0 spiro atoms. The normalized spacial score (nSPS) is 11.2. The molecule has 2 aromatic heterocycles. The second kappa shape index (κ2) is 8.59. The molecule has 4 rings (SSSR count). The van der Waals surface area contributed by atoms with Gasteiger partial charge < -0.3 is 10.2 Å². The smallest absolute Gasteiger partial charge is 0.196 e. The molecule has 4 aromatic rings. The molecule has 0 radical (unpaired) electrons. The largest absolute Gasteiger partial charge is 0.508 e. The van der Waals surface area contributed by atoms with Crippen LogP contribution in [-0.4, -0.2) is 30.0 Å². The molecular formula is C23H22N4O2S. The van der Waals surface area contributed by atoms with E-state index in [0.29, 0.717) is 22.3 Å². The van der Waals surface area contributed by atoms with Crippen LogP contribution in [0.2, 0.25) is 0 Å². The van der Waals surface area contributed by atoms with Gasteiger partial charge in [-0.25, -0.2) is 0 Å². The topological polar surface area (TPSA) is 84.1 Å². The van der Waals surface area contributed by atoms with Crippen molar-refractivity contribution in [2.24, 2.45) is 0 Å². The van der Waals surface area contributed by atoms with Gasteiger partial charge in [-0.05, 0) is 41.3 Å². The maximum atomic E-state index is 10.6. The molecule has 6 nitrogen and oxygen atoms in total. The van der Waals surface area contributed by atoms with E-state index >= 15 is 0 Å². The van der Waals surface area contributed by atoms with Crippen molar-refractivity contribution >= 4 is 11.8 Å². The molecule has 7 heteroatoms. The molecule has 0 aliphatic heterocycles. The highest BCUT2D eigenvalue weighted by Crippen LogP contribution is 2.39. The van der Waals surface area contributed by atoms with Gasteiger partial charge in [0.25, 0.3) is 0 Å². The first kappa shape index (κ1) is 20.0. The van der Waals surface area contributed by atoms with Crippen molar-refractivity contribution in [3.63, 3.8) is 0 Å². The zero-order valence-electron chi connectivity index (χ0n) is 16.7. The van der Waals surface area contributed by atoms with Crippen molar-refractivity contribution in [2.75, 3.05) is 0 Å². The standard InChI is InChI=1S/C23H22N4O2S/c1-15(2)18-11-19(21(29)12-20(18)28)22-25-26-23(27(22)17-8-4-3-5-9-17)30-14-16-7-6-10-24-13-16/h3-13,15,28-29H,14H2,1-2H3. The molecule has 0 bridgehead atoms. The number of phenols is 2. The molecule has 0 unspecified atom stereocenters. The third kappa shape index (κ3) is 4.02. The Morgan fingerprint density at radius 2 is 1.77 bits per heavy atom. The van der Waals surface area contributed by atoms with E-state index in [1.165, 1.54) is 6.07 Å². The third-order valence-corrected chi connectivity index (χ3v) is 5.75. The van der Waals surface area contributed by atoms with E-state index in [1.807, 2.05) is 67.1 Å². The van der Waals surface area contributed by atoms with Gasteiger partial charge in [-0.15, -0.1) is 10.2 Å². The van der Waals surface area contributed by atoms with Crippen molar-refractivity contribution in [3.8, 4) is 28.6 Å². The third-order valence-electron chi connectivity index (χ3n) is 4.75. The molecule has 0 fully saturated rings. The van der Waals surface area contributed by atoms with Crippen molar-refractivity contribution in [3.05, 3.63) is 78.1 Å². The molecule has 2 N–H and O–H groups in total. The molecule has 0 saturated heterocycles. The summed E-state index contributed by atoms with van der Waals surface area (Å²) in [5.41, 5.74) is 3.25. The first-order chi connectivity index (χ1) is 14.5. The van der Waals surface area contributed by atoms with Gasteiger partial charge in [-0.3, -0.25) is 9.55 Å². The SMILES string of the molecule is CC(C)c1cc(-c2nnc(SCc3cccnc3)n2-c2ccccc2)c(O)cc1O. The zero-order chi connectivity index (χ0) is 21.1. The van der Waals surface area contributed by atoms with Gasteiger partial charge >= 0.3 is 0 Å². The fourth-order valence-electron chi connectivity index (χ4n) is 3.21. The first-order valence-electron chi connectivity index (χ1n) is 9.63. The molecule has 0 amide bonds. The highest BCUT2D eigenvalue weighted by molar-refractivity contribution is 7.98. The lowest BCUT2D eigenvalue weighted by Gasteiger charge is -2.14. The number of phenolic OH excluding ortho intramolecular Hbond substituents is 2. The van der Waals surface area contributed by atoms with Gasteiger partial charge in [0, 0.05) is 29.9 Å². The maximum Gasteiger partial charge on any atom is 0.196 e. The van der Waals surface area contributed by atoms with Crippen LogP contribution >= 0.6 is 11.8 Å².